The highest BCUT2D eigenvalue weighted by molar-refractivity contribution is 9.10. The zero-order chi connectivity index (χ0) is 11.4. The predicted octanol–water partition coefficient (Wildman–Crippen LogP) is 3.11. The van der Waals surface area contributed by atoms with Crippen LogP contribution in [0, 0.1) is 0 Å². The number of ether oxygens (including phenoxy) is 1. The van der Waals surface area contributed by atoms with Gasteiger partial charge in [0.15, 0.2) is 0 Å². The van der Waals surface area contributed by atoms with Crippen LogP contribution >= 0.6 is 15.9 Å². The van der Waals surface area contributed by atoms with Crippen molar-refractivity contribution >= 4 is 15.9 Å². The summed E-state index contributed by atoms with van der Waals surface area (Å²) in [5.74, 6) is 0. The van der Waals surface area contributed by atoms with E-state index in [1.807, 2.05) is 19.2 Å². The van der Waals surface area contributed by atoms with Gasteiger partial charge in [0.2, 0.25) is 0 Å². The largest absolute Gasteiger partial charge is 0.372 e. The average molecular weight is 284 g/mol. The van der Waals surface area contributed by atoms with Gasteiger partial charge in [-0.15, -0.1) is 0 Å². The van der Waals surface area contributed by atoms with Gasteiger partial charge in [0.1, 0.15) is 0 Å². The third-order valence-corrected chi connectivity index (χ3v) is 3.67. The maximum atomic E-state index is 5.96. The number of halogens is 1. The summed E-state index contributed by atoms with van der Waals surface area (Å²) >= 11 is 3.47. The van der Waals surface area contributed by atoms with Crippen molar-refractivity contribution in [2.75, 3.05) is 7.05 Å². The minimum atomic E-state index is 0.379. The number of rotatable bonds is 4. The Kier molecular flexibility index (Phi) is 4.38. The number of hydrogen-bond donors (Lipinski definition) is 1. The molecule has 1 fully saturated rings. The monoisotopic (exact) mass is 283 g/mol. The topological polar surface area (TPSA) is 21.3 Å². The van der Waals surface area contributed by atoms with Crippen molar-refractivity contribution in [3.8, 4) is 0 Å². The third-order valence-electron chi connectivity index (χ3n) is 3.18. The summed E-state index contributed by atoms with van der Waals surface area (Å²) in [6.07, 6.45) is 4.07. The Balaban J connectivity index is 1.87. The molecule has 2 atom stereocenters. The Hall–Kier alpha value is -0.380. The van der Waals surface area contributed by atoms with Gasteiger partial charge in [0.05, 0.1) is 12.7 Å². The normalized spacial score (nSPS) is 24.9. The second-order valence-corrected chi connectivity index (χ2v) is 5.22. The molecular weight excluding hydrogens is 266 g/mol. The molecular formula is C13H18BrNO. The molecule has 0 radical (unpaired) electrons. The fourth-order valence-electron chi connectivity index (χ4n) is 2.29. The average Bonchev–Trinajstić information content (AvgIpc) is 2.74. The lowest BCUT2D eigenvalue weighted by molar-refractivity contribution is 0.0295. The van der Waals surface area contributed by atoms with E-state index in [4.69, 9.17) is 4.74 Å². The lowest BCUT2D eigenvalue weighted by Crippen LogP contribution is -2.34. The first-order chi connectivity index (χ1) is 7.79. The summed E-state index contributed by atoms with van der Waals surface area (Å²) in [5.41, 5.74) is 1.23. The van der Waals surface area contributed by atoms with E-state index in [0.717, 1.165) is 4.47 Å². The van der Waals surface area contributed by atoms with Crippen LogP contribution in [0.2, 0.25) is 0 Å². The van der Waals surface area contributed by atoms with Crippen molar-refractivity contribution in [3.63, 3.8) is 0 Å². The Morgan fingerprint density at radius 3 is 3.06 bits per heavy atom. The van der Waals surface area contributed by atoms with Gasteiger partial charge in [-0.1, -0.05) is 28.1 Å². The molecule has 1 aromatic carbocycles. The lowest BCUT2D eigenvalue weighted by atomic mass is 10.2. The minimum Gasteiger partial charge on any atom is -0.372 e. The van der Waals surface area contributed by atoms with Gasteiger partial charge in [-0.3, -0.25) is 0 Å². The van der Waals surface area contributed by atoms with Crippen LogP contribution < -0.4 is 5.32 Å². The Labute approximate surface area is 106 Å². The molecule has 1 aliphatic rings. The van der Waals surface area contributed by atoms with Crippen molar-refractivity contribution in [1.82, 2.24) is 5.32 Å². The van der Waals surface area contributed by atoms with E-state index in [1.54, 1.807) is 0 Å². The van der Waals surface area contributed by atoms with Crippen LogP contribution in [0.1, 0.15) is 24.8 Å². The molecule has 3 heteroatoms. The summed E-state index contributed by atoms with van der Waals surface area (Å²) in [7, 11) is 2.02. The summed E-state index contributed by atoms with van der Waals surface area (Å²) in [4.78, 5) is 0. The fourth-order valence-corrected chi connectivity index (χ4v) is 2.73. The van der Waals surface area contributed by atoms with Crippen LogP contribution in [0.3, 0.4) is 0 Å². The zero-order valence-corrected chi connectivity index (χ0v) is 11.2. The molecule has 1 saturated carbocycles. The highest BCUT2D eigenvalue weighted by Gasteiger charge is 2.26. The molecule has 0 amide bonds. The molecule has 0 bridgehead atoms. The van der Waals surface area contributed by atoms with Crippen molar-refractivity contribution in [2.45, 2.75) is 38.0 Å². The second kappa shape index (κ2) is 5.80. The van der Waals surface area contributed by atoms with E-state index in [1.165, 1.54) is 24.8 Å². The molecule has 16 heavy (non-hydrogen) atoms. The predicted molar refractivity (Wildman–Crippen MR) is 69.4 cm³/mol. The van der Waals surface area contributed by atoms with Crippen LogP contribution in [0.4, 0.5) is 0 Å². The molecule has 1 N–H and O–H groups in total. The molecule has 2 nitrogen and oxygen atoms in total. The van der Waals surface area contributed by atoms with E-state index in [0.29, 0.717) is 18.8 Å². The van der Waals surface area contributed by atoms with Gasteiger partial charge in [0.25, 0.3) is 0 Å². The Bertz CT molecular complexity index is 342. The maximum Gasteiger partial charge on any atom is 0.0732 e. The van der Waals surface area contributed by atoms with E-state index in [2.05, 4.69) is 33.4 Å². The van der Waals surface area contributed by atoms with Gasteiger partial charge < -0.3 is 10.1 Å². The Morgan fingerprint density at radius 2 is 2.31 bits per heavy atom. The number of likely N-dealkylation sites (N-methyl/N-ethyl adjacent to an activating group) is 1. The molecule has 1 aromatic rings. The quantitative estimate of drug-likeness (QED) is 0.917. The van der Waals surface area contributed by atoms with Crippen LogP contribution in [0.15, 0.2) is 28.7 Å². The number of benzene rings is 1. The van der Waals surface area contributed by atoms with E-state index in [9.17, 15) is 0 Å². The van der Waals surface area contributed by atoms with E-state index in [-0.39, 0.29) is 0 Å². The lowest BCUT2D eigenvalue weighted by Gasteiger charge is -2.19. The van der Waals surface area contributed by atoms with Gasteiger partial charge in [0, 0.05) is 10.5 Å². The molecule has 1 aliphatic carbocycles. The Morgan fingerprint density at radius 1 is 1.44 bits per heavy atom. The van der Waals surface area contributed by atoms with Crippen LogP contribution in [-0.4, -0.2) is 19.2 Å². The van der Waals surface area contributed by atoms with E-state index < -0.39 is 0 Å². The maximum absolute atomic E-state index is 5.96. The first-order valence-corrected chi connectivity index (χ1v) is 6.62. The standard InChI is InChI=1S/C13H18BrNO/c1-15-12-6-3-7-13(12)16-9-10-4-2-5-11(14)8-10/h2,4-5,8,12-13,15H,3,6-7,9H2,1H3. The van der Waals surface area contributed by atoms with E-state index >= 15 is 0 Å². The second-order valence-electron chi connectivity index (χ2n) is 4.31. The number of nitrogens with one attached hydrogen (secondary N) is 1. The van der Waals surface area contributed by atoms with Gasteiger partial charge in [-0.25, -0.2) is 0 Å². The van der Waals surface area contributed by atoms with Gasteiger partial charge >= 0.3 is 0 Å². The van der Waals surface area contributed by atoms with Crippen molar-refractivity contribution in [2.24, 2.45) is 0 Å². The van der Waals surface area contributed by atoms with Crippen molar-refractivity contribution in [1.29, 1.82) is 0 Å². The van der Waals surface area contributed by atoms with Gasteiger partial charge in [-0.05, 0) is 44.0 Å². The molecule has 0 aromatic heterocycles. The fraction of sp³-hybridized carbons (Fsp3) is 0.538. The van der Waals surface area contributed by atoms with Gasteiger partial charge in [-0.2, -0.15) is 0 Å². The van der Waals surface area contributed by atoms with Crippen molar-refractivity contribution in [3.05, 3.63) is 34.3 Å². The van der Waals surface area contributed by atoms with Crippen LogP contribution in [0.5, 0.6) is 0 Å². The molecule has 2 rings (SSSR count). The first-order valence-electron chi connectivity index (χ1n) is 5.83. The molecule has 0 saturated heterocycles. The molecule has 2 unspecified atom stereocenters. The summed E-state index contributed by atoms with van der Waals surface area (Å²) < 4.78 is 7.08. The molecule has 0 heterocycles. The zero-order valence-electron chi connectivity index (χ0n) is 9.58. The first kappa shape index (κ1) is 12.1. The summed E-state index contributed by atoms with van der Waals surface area (Å²) in [5, 5.41) is 3.33. The van der Waals surface area contributed by atoms with Crippen LogP contribution in [0.25, 0.3) is 0 Å². The smallest absolute Gasteiger partial charge is 0.0732 e. The third kappa shape index (κ3) is 3.06. The number of hydrogen-bond acceptors (Lipinski definition) is 2. The highest BCUT2D eigenvalue weighted by Crippen LogP contribution is 2.23. The molecule has 0 aliphatic heterocycles. The summed E-state index contributed by atoms with van der Waals surface area (Å²) in [6.45, 7) is 0.711. The van der Waals surface area contributed by atoms with Crippen molar-refractivity contribution < 1.29 is 4.74 Å². The summed E-state index contributed by atoms with van der Waals surface area (Å²) in [6, 6.07) is 8.84. The van der Waals surface area contributed by atoms with Crippen LogP contribution in [-0.2, 0) is 11.3 Å². The molecule has 0 spiro atoms. The SMILES string of the molecule is CNC1CCCC1OCc1cccc(Br)c1. The minimum absolute atomic E-state index is 0.379. The molecule has 88 valence electrons. The highest BCUT2D eigenvalue weighted by atomic mass is 79.9.